The van der Waals surface area contributed by atoms with E-state index in [2.05, 4.69) is 23.8 Å². The van der Waals surface area contributed by atoms with Crippen LogP contribution in [0.2, 0.25) is 5.15 Å². The smallest absolute Gasteiger partial charge is 0.159 e. The number of ether oxygens (including phenoxy) is 1. The molecule has 1 aromatic heterocycles. The maximum atomic E-state index is 6.01. The summed E-state index contributed by atoms with van der Waals surface area (Å²) in [5, 5.41) is 0.511. The molecule has 1 unspecified atom stereocenters. The lowest BCUT2D eigenvalue weighted by atomic mass is 10.1. The van der Waals surface area contributed by atoms with Crippen molar-refractivity contribution in [3.05, 3.63) is 22.7 Å². The highest BCUT2D eigenvalue weighted by Gasteiger charge is 2.34. The van der Waals surface area contributed by atoms with Crippen LogP contribution in [0.4, 0.5) is 0 Å². The Balaban J connectivity index is 2.31. The Morgan fingerprint density at radius 2 is 2.06 bits per heavy atom. The average Bonchev–Trinajstić information content (AvgIpc) is 3.02. The molecule has 0 aliphatic heterocycles. The summed E-state index contributed by atoms with van der Waals surface area (Å²) < 4.78 is 5.47. The van der Waals surface area contributed by atoms with Gasteiger partial charge in [0.1, 0.15) is 11.3 Å². The van der Waals surface area contributed by atoms with Crippen molar-refractivity contribution >= 4 is 11.6 Å². The highest BCUT2D eigenvalue weighted by atomic mass is 35.5. The summed E-state index contributed by atoms with van der Waals surface area (Å²) in [7, 11) is 1.71. The van der Waals surface area contributed by atoms with Crippen molar-refractivity contribution in [1.29, 1.82) is 0 Å². The van der Waals surface area contributed by atoms with Crippen LogP contribution in [-0.2, 0) is 4.74 Å². The molecule has 3 nitrogen and oxygen atoms in total. The van der Waals surface area contributed by atoms with Crippen molar-refractivity contribution < 1.29 is 4.74 Å². The highest BCUT2D eigenvalue weighted by Crippen LogP contribution is 2.42. The van der Waals surface area contributed by atoms with Gasteiger partial charge in [-0.05, 0) is 30.7 Å². The van der Waals surface area contributed by atoms with Crippen molar-refractivity contribution in [2.75, 3.05) is 7.11 Å². The molecule has 2 rings (SSSR count). The molecular weight excluding hydrogens is 224 g/mol. The maximum absolute atomic E-state index is 6.01. The molecule has 1 saturated carbocycles. The fourth-order valence-electron chi connectivity index (χ4n) is 1.78. The zero-order chi connectivity index (χ0) is 11.7. The lowest BCUT2D eigenvalue weighted by molar-refractivity contribution is 0.0769. The van der Waals surface area contributed by atoms with Gasteiger partial charge >= 0.3 is 0 Å². The number of aromatic nitrogens is 2. The molecule has 1 aliphatic carbocycles. The number of nitrogens with zero attached hydrogens (tertiary/aromatic N) is 2. The summed E-state index contributed by atoms with van der Waals surface area (Å²) >= 11 is 6.01. The lowest BCUT2D eigenvalue weighted by Crippen LogP contribution is -2.11. The minimum atomic E-state index is 0.0104. The summed E-state index contributed by atoms with van der Waals surface area (Å²) in [5.74, 6) is 1.67. The van der Waals surface area contributed by atoms with E-state index in [4.69, 9.17) is 16.3 Å². The van der Waals surface area contributed by atoms with Gasteiger partial charge in [-0.2, -0.15) is 0 Å². The standard InChI is InChI=1S/C12H17ClN2O/c1-7(2)9-6-10(13)15-12(14-9)11(16-3)8-4-5-8/h6-8,11H,4-5H2,1-3H3. The van der Waals surface area contributed by atoms with E-state index in [0.717, 1.165) is 11.5 Å². The van der Waals surface area contributed by atoms with Gasteiger partial charge in [-0.1, -0.05) is 25.4 Å². The first-order valence-corrected chi connectivity index (χ1v) is 6.06. The molecule has 1 atom stereocenters. The Bertz CT molecular complexity index is 377. The maximum Gasteiger partial charge on any atom is 0.159 e. The number of halogens is 1. The van der Waals surface area contributed by atoms with E-state index in [1.165, 1.54) is 12.8 Å². The van der Waals surface area contributed by atoms with E-state index in [0.29, 0.717) is 17.0 Å². The molecule has 0 saturated heterocycles. The summed E-state index contributed by atoms with van der Waals surface area (Å²) in [6.45, 7) is 4.20. The van der Waals surface area contributed by atoms with Crippen LogP contribution in [0.15, 0.2) is 6.07 Å². The first kappa shape index (κ1) is 11.8. The van der Waals surface area contributed by atoms with Crippen LogP contribution in [0.3, 0.4) is 0 Å². The monoisotopic (exact) mass is 240 g/mol. The Morgan fingerprint density at radius 3 is 2.56 bits per heavy atom. The molecule has 88 valence electrons. The van der Waals surface area contributed by atoms with Gasteiger partial charge in [0.05, 0.1) is 0 Å². The Labute approximate surface area is 101 Å². The van der Waals surface area contributed by atoms with E-state index in [1.807, 2.05) is 6.07 Å². The molecular formula is C12H17ClN2O. The molecule has 1 aliphatic rings. The molecule has 0 bridgehead atoms. The molecule has 1 aromatic rings. The van der Waals surface area contributed by atoms with E-state index < -0.39 is 0 Å². The van der Waals surface area contributed by atoms with Gasteiger partial charge < -0.3 is 4.74 Å². The molecule has 0 radical (unpaired) electrons. The third kappa shape index (κ3) is 2.53. The van der Waals surface area contributed by atoms with Gasteiger partial charge in [-0.25, -0.2) is 9.97 Å². The summed E-state index contributed by atoms with van der Waals surface area (Å²) in [6, 6.07) is 1.83. The zero-order valence-corrected chi connectivity index (χ0v) is 10.7. The normalized spacial score (nSPS) is 17.8. The van der Waals surface area contributed by atoms with Crippen LogP contribution < -0.4 is 0 Å². The number of hydrogen-bond acceptors (Lipinski definition) is 3. The summed E-state index contributed by atoms with van der Waals surface area (Å²) in [5.41, 5.74) is 0.984. The van der Waals surface area contributed by atoms with Crippen molar-refractivity contribution in [1.82, 2.24) is 9.97 Å². The second-order valence-electron chi connectivity index (χ2n) is 4.62. The third-order valence-electron chi connectivity index (χ3n) is 2.88. The van der Waals surface area contributed by atoms with Crippen molar-refractivity contribution in [2.45, 2.75) is 38.7 Å². The van der Waals surface area contributed by atoms with Crippen LogP contribution in [0, 0.1) is 5.92 Å². The molecule has 0 amide bonds. The number of hydrogen-bond donors (Lipinski definition) is 0. The van der Waals surface area contributed by atoms with Crippen LogP contribution in [0.5, 0.6) is 0 Å². The Hall–Kier alpha value is -0.670. The van der Waals surface area contributed by atoms with Gasteiger partial charge in [-0.15, -0.1) is 0 Å². The molecule has 4 heteroatoms. The van der Waals surface area contributed by atoms with Gasteiger partial charge in [0.2, 0.25) is 0 Å². The fourth-order valence-corrected chi connectivity index (χ4v) is 1.98. The predicted molar refractivity (Wildman–Crippen MR) is 63.6 cm³/mol. The molecule has 1 heterocycles. The van der Waals surface area contributed by atoms with Crippen LogP contribution in [0.25, 0.3) is 0 Å². The second-order valence-corrected chi connectivity index (χ2v) is 5.01. The Morgan fingerprint density at radius 1 is 1.38 bits per heavy atom. The first-order valence-electron chi connectivity index (χ1n) is 5.69. The van der Waals surface area contributed by atoms with Gasteiger partial charge in [-0.3, -0.25) is 0 Å². The van der Waals surface area contributed by atoms with Crippen LogP contribution >= 0.6 is 11.6 Å². The number of methoxy groups -OCH3 is 1. The lowest BCUT2D eigenvalue weighted by Gasteiger charge is -2.15. The van der Waals surface area contributed by atoms with E-state index >= 15 is 0 Å². The van der Waals surface area contributed by atoms with Crippen LogP contribution in [-0.4, -0.2) is 17.1 Å². The topological polar surface area (TPSA) is 35.0 Å². The predicted octanol–water partition coefficient (Wildman–Crippen LogP) is 3.35. The summed E-state index contributed by atoms with van der Waals surface area (Å²) in [6.07, 6.45) is 2.41. The largest absolute Gasteiger partial charge is 0.373 e. The van der Waals surface area contributed by atoms with Crippen molar-refractivity contribution in [3.8, 4) is 0 Å². The minimum Gasteiger partial charge on any atom is -0.373 e. The first-order chi connectivity index (χ1) is 7.61. The van der Waals surface area contributed by atoms with E-state index in [1.54, 1.807) is 7.11 Å². The molecule has 0 aromatic carbocycles. The van der Waals surface area contributed by atoms with E-state index in [-0.39, 0.29) is 6.10 Å². The molecule has 1 fully saturated rings. The van der Waals surface area contributed by atoms with Crippen LogP contribution in [0.1, 0.15) is 50.2 Å². The number of rotatable bonds is 4. The molecule has 16 heavy (non-hydrogen) atoms. The fraction of sp³-hybridized carbons (Fsp3) is 0.667. The SMILES string of the molecule is COC(c1nc(Cl)cc(C(C)C)n1)C1CC1. The Kier molecular flexibility index (Phi) is 3.45. The van der Waals surface area contributed by atoms with Gasteiger partial charge in [0, 0.05) is 12.8 Å². The second kappa shape index (κ2) is 4.68. The van der Waals surface area contributed by atoms with Gasteiger partial charge in [0.15, 0.2) is 5.82 Å². The molecule has 0 spiro atoms. The molecule has 0 N–H and O–H groups in total. The zero-order valence-electron chi connectivity index (χ0n) is 9.90. The average molecular weight is 241 g/mol. The third-order valence-corrected chi connectivity index (χ3v) is 3.08. The minimum absolute atomic E-state index is 0.0104. The van der Waals surface area contributed by atoms with Gasteiger partial charge in [0.25, 0.3) is 0 Å². The quantitative estimate of drug-likeness (QED) is 0.757. The van der Waals surface area contributed by atoms with E-state index in [9.17, 15) is 0 Å². The summed E-state index contributed by atoms with van der Waals surface area (Å²) in [4.78, 5) is 8.82. The highest BCUT2D eigenvalue weighted by molar-refractivity contribution is 6.29. The van der Waals surface area contributed by atoms with Crippen molar-refractivity contribution in [3.63, 3.8) is 0 Å². The van der Waals surface area contributed by atoms with Crippen molar-refractivity contribution in [2.24, 2.45) is 5.92 Å².